The Bertz CT molecular complexity index is 1100. The van der Waals surface area contributed by atoms with Crippen LogP contribution in [-0.4, -0.2) is 14.6 Å². The van der Waals surface area contributed by atoms with E-state index in [9.17, 15) is 4.79 Å². The van der Waals surface area contributed by atoms with Crippen molar-refractivity contribution < 1.29 is 0 Å². The van der Waals surface area contributed by atoms with E-state index in [-0.39, 0.29) is 5.56 Å². The van der Waals surface area contributed by atoms with E-state index in [1.54, 1.807) is 0 Å². The summed E-state index contributed by atoms with van der Waals surface area (Å²) >= 11 is 4.83. The van der Waals surface area contributed by atoms with Crippen LogP contribution in [0.4, 0.5) is 0 Å². The summed E-state index contributed by atoms with van der Waals surface area (Å²) in [6.07, 6.45) is 1.86. The van der Waals surface area contributed by atoms with E-state index in [4.69, 9.17) is 0 Å². The molecule has 0 aliphatic rings. The van der Waals surface area contributed by atoms with Gasteiger partial charge < -0.3 is 0 Å². The zero-order valence-electron chi connectivity index (χ0n) is 11.8. The molecule has 2 aromatic carbocycles. The molecule has 0 N–H and O–H groups in total. The van der Waals surface area contributed by atoms with Gasteiger partial charge >= 0.3 is 0 Å². The van der Waals surface area contributed by atoms with Crippen LogP contribution < -0.4 is 10.1 Å². The molecule has 0 unspecified atom stereocenters. The van der Waals surface area contributed by atoms with Crippen molar-refractivity contribution in [3.8, 4) is 11.4 Å². The van der Waals surface area contributed by atoms with E-state index >= 15 is 0 Å². The van der Waals surface area contributed by atoms with Crippen molar-refractivity contribution in [1.29, 1.82) is 0 Å². The number of aromatic nitrogens is 3. The number of nitrogens with zero attached hydrogens (tertiary/aromatic N) is 3. The fourth-order valence-electron chi connectivity index (χ4n) is 2.29. The van der Waals surface area contributed by atoms with Gasteiger partial charge in [-0.25, -0.2) is 0 Å². The summed E-state index contributed by atoms with van der Waals surface area (Å²) in [5.41, 5.74) is 1.72. The largest absolute Gasteiger partial charge is 0.291 e. The maximum Gasteiger partial charge on any atom is 0.291 e. The van der Waals surface area contributed by atoms with Gasteiger partial charge in [0, 0.05) is 10.0 Å². The Morgan fingerprint density at radius 1 is 1.04 bits per heavy atom. The average molecular weight is 384 g/mol. The first-order valence-corrected chi connectivity index (χ1v) is 8.54. The highest BCUT2D eigenvalue weighted by molar-refractivity contribution is 9.10. The summed E-state index contributed by atoms with van der Waals surface area (Å²) in [6.45, 7) is 0. The van der Waals surface area contributed by atoms with Gasteiger partial charge in [0.05, 0.1) is 4.53 Å². The Labute approximate surface area is 143 Å². The van der Waals surface area contributed by atoms with Gasteiger partial charge in [0.2, 0.25) is 4.96 Å². The van der Waals surface area contributed by atoms with E-state index in [0.29, 0.717) is 15.3 Å². The highest BCUT2D eigenvalue weighted by Gasteiger charge is 2.13. The molecule has 2 aromatic heterocycles. The fourth-order valence-corrected chi connectivity index (χ4v) is 3.66. The van der Waals surface area contributed by atoms with Crippen LogP contribution in [0.5, 0.6) is 0 Å². The van der Waals surface area contributed by atoms with Gasteiger partial charge in [-0.3, -0.25) is 4.79 Å². The summed E-state index contributed by atoms with van der Waals surface area (Å²) in [4.78, 5) is 17.6. The lowest BCUT2D eigenvalue weighted by Gasteiger charge is -1.97. The van der Waals surface area contributed by atoms with Gasteiger partial charge in [0.15, 0.2) is 5.82 Å². The van der Waals surface area contributed by atoms with Crippen LogP contribution in [0.2, 0.25) is 0 Å². The van der Waals surface area contributed by atoms with E-state index in [2.05, 4.69) is 26.0 Å². The van der Waals surface area contributed by atoms with Crippen LogP contribution >= 0.6 is 27.3 Å². The van der Waals surface area contributed by atoms with Crippen molar-refractivity contribution in [2.45, 2.75) is 0 Å². The second-order valence-electron chi connectivity index (χ2n) is 4.94. The molecule has 0 spiro atoms. The van der Waals surface area contributed by atoms with E-state index in [1.807, 2.05) is 60.7 Å². The molecule has 112 valence electrons. The zero-order valence-corrected chi connectivity index (χ0v) is 14.2. The van der Waals surface area contributed by atoms with Gasteiger partial charge in [0.1, 0.15) is 0 Å². The summed E-state index contributed by atoms with van der Waals surface area (Å²) in [7, 11) is 0. The Kier molecular flexibility index (Phi) is 3.55. The molecular weight excluding hydrogens is 374 g/mol. The highest BCUT2D eigenvalue weighted by Crippen LogP contribution is 2.25. The number of halogens is 1. The first-order chi connectivity index (χ1) is 11.2. The molecule has 4 rings (SSSR count). The van der Waals surface area contributed by atoms with Gasteiger partial charge in [-0.2, -0.15) is 9.50 Å². The molecular formula is C17H10BrN3OS. The second-order valence-corrected chi connectivity index (χ2v) is 6.80. The van der Waals surface area contributed by atoms with E-state index in [0.717, 1.165) is 15.6 Å². The molecule has 6 heteroatoms. The topological polar surface area (TPSA) is 47.3 Å². The van der Waals surface area contributed by atoms with Crippen LogP contribution in [0, 0.1) is 0 Å². The third-order valence-corrected chi connectivity index (χ3v) is 5.04. The van der Waals surface area contributed by atoms with Crippen molar-refractivity contribution in [1.82, 2.24) is 14.6 Å². The van der Waals surface area contributed by atoms with Crippen molar-refractivity contribution in [3.05, 3.63) is 79.5 Å². The highest BCUT2D eigenvalue weighted by atomic mass is 79.9. The molecule has 0 amide bonds. The molecule has 4 nitrogen and oxygen atoms in total. The quantitative estimate of drug-likeness (QED) is 0.534. The SMILES string of the molecule is O=c1/c(=C/c2ccccc2)sc2nc(-c3ccccc3Br)nn12. The van der Waals surface area contributed by atoms with Gasteiger partial charge in [-0.1, -0.05) is 69.7 Å². The van der Waals surface area contributed by atoms with Crippen molar-refractivity contribution >= 4 is 38.3 Å². The summed E-state index contributed by atoms with van der Waals surface area (Å²) in [5, 5.41) is 4.36. The molecule has 0 fully saturated rings. The van der Waals surface area contributed by atoms with E-state index < -0.39 is 0 Å². The lowest BCUT2D eigenvalue weighted by molar-refractivity contribution is 0.936. The molecule has 0 aliphatic heterocycles. The monoisotopic (exact) mass is 383 g/mol. The predicted octanol–water partition coefficient (Wildman–Crippen LogP) is 3.13. The molecule has 0 saturated heterocycles. The van der Waals surface area contributed by atoms with Crippen LogP contribution in [0.3, 0.4) is 0 Å². The third kappa shape index (κ3) is 2.60. The molecule has 0 saturated carbocycles. The number of benzene rings is 2. The predicted molar refractivity (Wildman–Crippen MR) is 95.5 cm³/mol. The maximum atomic E-state index is 12.5. The van der Waals surface area contributed by atoms with Crippen molar-refractivity contribution in [2.24, 2.45) is 0 Å². The Balaban J connectivity index is 1.86. The van der Waals surface area contributed by atoms with Gasteiger partial charge in [-0.15, -0.1) is 5.10 Å². The smallest absolute Gasteiger partial charge is 0.266 e. The van der Waals surface area contributed by atoms with Crippen LogP contribution in [-0.2, 0) is 0 Å². The van der Waals surface area contributed by atoms with Gasteiger partial charge in [-0.05, 0) is 23.8 Å². The first kappa shape index (κ1) is 14.3. The number of hydrogen-bond donors (Lipinski definition) is 0. The minimum absolute atomic E-state index is 0.139. The van der Waals surface area contributed by atoms with Crippen molar-refractivity contribution in [2.75, 3.05) is 0 Å². The minimum atomic E-state index is -0.139. The van der Waals surface area contributed by atoms with Crippen LogP contribution in [0.25, 0.3) is 22.4 Å². The normalized spacial score (nSPS) is 12.1. The maximum absolute atomic E-state index is 12.5. The summed E-state index contributed by atoms with van der Waals surface area (Å²) in [5.74, 6) is 0.548. The Morgan fingerprint density at radius 3 is 2.52 bits per heavy atom. The third-order valence-electron chi connectivity index (χ3n) is 3.39. The van der Waals surface area contributed by atoms with Crippen LogP contribution in [0.15, 0.2) is 63.9 Å². The molecule has 2 heterocycles. The molecule has 0 atom stereocenters. The van der Waals surface area contributed by atoms with Crippen molar-refractivity contribution in [3.63, 3.8) is 0 Å². The fraction of sp³-hybridized carbons (Fsp3) is 0. The Hall–Kier alpha value is -2.31. The second kappa shape index (κ2) is 5.72. The van der Waals surface area contributed by atoms with Gasteiger partial charge in [0.25, 0.3) is 5.56 Å². The zero-order chi connectivity index (χ0) is 15.8. The van der Waals surface area contributed by atoms with E-state index in [1.165, 1.54) is 15.9 Å². The number of thiazole rings is 1. The number of fused-ring (bicyclic) bond motifs is 1. The molecule has 23 heavy (non-hydrogen) atoms. The molecule has 0 bridgehead atoms. The lowest BCUT2D eigenvalue weighted by atomic mass is 10.2. The molecule has 0 radical (unpaired) electrons. The summed E-state index contributed by atoms with van der Waals surface area (Å²) in [6, 6.07) is 17.4. The lowest BCUT2D eigenvalue weighted by Crippen LogP contribution is -2.23. The minimum Gasteiger partial charge on any atom is -0.266 e. The Morgan fingerprint density at radius 2 is 1.78 bits per heavy atom. The molecule has 4 aromatic rings. The number of hydrogen-bond acceptors (Lipinski definition) is 4. The van der Waals surface area contributed by atoms with Crippen LogP contribution in [0.1, 0.15) is 5.56 Å². The average Bonchev–Trinajstić information content (AvgIpc) is 3.09. The molecule has 0 aliphatic carbocycles. The number of rotatable bonds is 2. The summed E-state index contributed by atoms with van der Waals surface area (Å²) < 4.78 is 2.90. The first-order valence-electron chi connectivity index (χ1n) is 6.93. The standard InChI is InChI=1S/C17H10BrN3OS/c18-13-9-5-4-8-12(13)15-19-17-21(20-15)16(22)14(23-17)10-11-6-2-1-3-7-11/h1-10H/b14-10-.